The molecule has 3 amide bonds. The molecular weight excluding hydrogens is 674 g/mol. The van der Waals surface area contributed by atoms with Gasteiger partial charge in [-0.15, -0.1) is 0 Å². The third-order valence-electron chi connectivity index (χ3n) is 10.8. The molecule has 1 unspecified atom stereocenters. The standard InChI is InChI=1S/C40H37N7O6/c1-41-32-12-14-35(30-3-2-16-42-37(30)32)53-28-9-5-25(6-10-28)44-38(50)24-4-15-36(43-23-24)46-19-17-45(18-20-46)26-7-11-29-31(21-26)40(52)47(39(29)51)33-13-8-27(48)22-34(33)49/h2-4,7,11-12,14-16,21,23,25,28,33H,5-6,8-10,13,17-20,22H2,(H,44,50). The van der Waals surface area contributed by atoms with Crippen LogP contribution in [-0.4, -0.2) is 88.5 Å². The number of hydrogen-bond donors (Lipinski definition) is 1. The minimum absolute atomic E-state index is 0.0127. The summed E-state index contributed by atoms with van der Waals surface area (Å²) in [7, 11) is 0. The molecule has 2 aromatic heterocycles. The first-order valence-electron chi connectivity index (χ1n) is 18.0. The second-order valence-corrected chi connectivity index (χ2v) is 14.0. The molecular formula is C40H37N7O6. The van der Waals surface area contributed by atoms with Gasteiger partial charge in [-0.3, -0.25) is 33.9 Å². The van der Waals surface area contributed by atoms with Gasteiger partial charge in [0.2, 0.25) is 5.69 Å². The van der Waals surface area contributed by atoms with Gasteiger partial charge in [0.15, 0.2) is 5.78 Å². The normalized spacial score (nSPS) is 21.8. The molecule has 3 fully saturated rings. The molecule has 4 heterocycles. The van der Waals surface area contributed by atoms with Gasteiger partial charge in [0.1, 0.15) is 17.4 Å². The molecule has 2 aliphatic carbocycles. The van der Waals surface area contributed by atoms with Gasteiger partial charge in [-0.25, -0.2) is 9.83 Å². The maximum atomic E-state index is 13.3. The Bertz CT molecular complexity index is 2180. The van der Waals surface area contributed by atoms with E-state index in [-0.39, 0.29) is 60.0 Å². The Kier molecular flexibility index (Phi) is 9.04. The van der Waals surface area contributed by atoms with Crippen molar-refractivity contribution in [1.29, 1.82) is 0 Å². The lowest BCUT2D eigenvalue weighted by Crippen LogP contribution is -2.47. The summed E-state index contributed by atoms with van der Waals surface area (Å²) in [5.41, 5.74) is 3.02. The molecule has 2 saturated carbocycles. The molecule has 53 heavy (non-hydrogen) atoms. The lowest BCUT2D eigenvalue weighted by atomic mass is 9.92. The van der Waals surface area contributed by atoms with Gasteiger partial charge in [0, 0.05) is 62.1 Å². The molecule has 2 aromatic carbocycles. The summed E-state index contributed by atoms with van der Waals surface area (Å²) in [5.74, 6) is -0.175. The topological polar surface area (TPSA) is 146 Å². The smallest absolute Gasteiger partial charge is 0.262 e. The van der Waals surface area contributed by atoms with Crippen molar-refractivity contribution in [2.24, 2.45) is 0 Å². The zero-order valence-corrected chi connectivity index (χ0v) is 29.0. The molecule has 1 N–H and O–H groups in total. The summed E-state index contributed by atoms with van der Waals surface area (Å²) in [5, 5.41) is 3.99. The van der Waals surface area contributed by atoms with Crippen molar-refractivity contribution in [3.05, 3.63) is 95.1 Å². The number of carbonyl (C=O) groups is 5. The van der Waals surface area contributed by atoms with E-state index in [1.165, 1.54) is 0 Å². The van der Waals surface area contributed by atoms with E-state index < -0.39 is 17.9 Å². The maximum absolute atomic E-state index is 13.3. The van der Waals surface area contributed by atoms with Crippen molar-refractivity contribution >= 4 is 57.4 Å². The quantitative estimate of drug-likeness (QED) is 0.159. The van der Waals surface area contributed by atoms with Crippen LogP contribution in [0.1, 0.15) is 76.0 Å². The molecule has 0 radical (unpaired) electrons. The van der Waals surface area contributed by atoms with Gasteiger partial charge >= 0.3 is 0 Å². The number of rotatable bonds is 7. The summed E-state index contributed by atoms with van der Waals surface area (Å²) in [6.45, 7) is 10.1. The van der Waals surface area contributed by atoms with Crippen LogP contribution in [0.25, 0.3) is 15.7 Å². The number of benzene rings is 2. The van der Waals surface area contributed by atoms with E-state index in [0.717, 1.165) is 53.2 Å². The molecule has 4 aliphatic rings. The van der Waals surface area contributed by atoms with E-state index in [1.807, 2.05) is 30.3 Å². The Balaban J connectivity index is 0.823. The molecule has 1 atom stereocenters. The molecule has 4 aromatic rings. The van der Waals surface area contributed by atoms with E-state index in [0.29, 0.717) is 42.9 Å². The molecule has 13 nitrogen and oxygen atoms in total. The summed E-state index contributed by atoms with van der Waals surface area (Å²) in [4.78, 5) is 81.6. The number of Topliss-reactive ketones (excluding diaryl/α,β-unsaturated/α-hetero) is 2. The van der Waals surface area contributed by atoms with Gasteiger partial charge in [-0.1, -0.05) is 6.07 Å². The largest absolute Gasteiger partial charge is 0.490 e. The molecule has 0 spiro atoms. The molecule has 1 saturated heterocycles. The Morgan fingerprint density at radius 3 is 2.36 bits per heavy atom. The SMILES string of the molecule is [C-]#[N+]c1ccc(OC2CCC(NC(=O)c3ccc(N4CCN(c5ccc6c(c5)C(=O)N(C5CCC(=O)CC5=O)C6=O)CC4)nc3)CC2)c2cccnc12. The van der Waals surface area contributed by atoms with Crippen molar-refractivity contribution in [3.63, 3.8) is 0 Å². The number of piperazine rings is 1. The van der Waals surface area contributed by atoms with Crippen LogP contribution < -0.4 is 19.9 Å². The fourth-order valence-corrected chi connectivity index (χ4v) is 7.86. The molecule has 2 aliphatic heterocycles. The second-order valence-electron chi connectivity index (χ2n) is 14.0. The zero-order chi connectivity index (χ0) is 36.6. The van der Waals surface area contributed by atoms with Gasteiger partial charge in [-0.2, -0.15) is 0 Å². The van der Waals surface area contributed by atoms with E-state index in [9.17, 15) is 24.0 Å². The van der Waals surface area contributed by atoms with Crippen LogP contribution in [0.2, 0.25) is 0 Å². The summed E-state index contributed by atoms with van der Waals surface area (Å²) in [6, 6.07) is 15.4. The van der Waals surface area contributed by atoms with Crippen molar-refractivity contribution < 1.29 is 28.7 Å². The van der Waals surface area contributed by atoms with Crippen LogP contribution in [0, 0.1) is 6.57 Å². The predicted octanol–water partition coefficient (Wildman–Crippen LogP) is 4.91. The Morgan fingerprint density at radius 2 is 1.62 bits per heavy atom. The number of ether oxygens (including phenoxy) is 1. The highest BCUT2D eigenvalue weighted by Crippen LogP contribution is 2.35. The molecule has 8 rings (SSSR count). The number of fused-ring (bicyclic) bond motifs is 2. The summed E-state index contributed by atoms with van der Waals surface area (Å²) < 4.78 is 6.35. The number of aromatic nitrogens is 2. The third-order valence-corrected chi connectivity index (χ3v) is 10.8. The minimum atomic E-state index is -0.889. The van der Waals surface area contributed by atoms with Crippen LogP contribution in [0.4, 0.5) is 17.2 Å². The highest BCUT2D eigenvalue weighted by atomic mass is 16.5. The number of pyridine rings is 2. The van der Waals surface area contributed by atoms with Crippen molar-refractivity contribution in [1.82, 2.24) is 20.2 Å². The van der Waals surface area contributed by atoms with Crippen molar-refractivity contribution in [3.8, 4) is 5.75 Å². The van der Waals surface area contributed by atoms with Gasteiger partial charge in [-0.05, 0) is 80.6 Å². The summed E-state index contributed by atoms with van der Waals surface area (Å²) in [6.07, 6.45) is 6.59. The Labute approximate surface area is 305 Å². The Morgan fingerprint density at radius 1 is 0.849 bits per heavy atom. The number of hydrogen-bond acceptors (Lipinski definition) is 10. The second kappa shape index (κ2) is 14.1. The van der Waals surface area contributed by atoms with Crippen molar-refractivity contribution in [2.75, 3.05) is 36.0 Å². The van der Waals surface area contributed by atoms with Crippen LogP contribution in [0.3, 0.4) is 0 Å². The third kappa shape index (κ3) is 6.57. The van der Waals surface area contributed by atoms with Gasteiger partial charge < -0.3 is 19.9 Å². The number of imide groups is 1. The van der Waals surface area contributed by atoms with E-state index in [2.05, 4.69) is 29.9 Å². The first-order chi connectivity index (χ1) is 25.8. The van der Waals surface area contributed by atoms with E-state index in [1.54, 1.807) is 36.7 Å². The average Bonchev–Trinajstić information content (AvgIpc) is 3.43. The highest BCUT2D eigenvalue weighted by molar-refractivity contribution is 6.24. The number of nitrogens with one attached hydrogen (secondary N) is 1. The van der Waals surface area contributed by atoms with Crippen LogP contribution in [0.15, 0.2) is 67.0 Å². The lowest BCUT2D eigenvalue weighted by molar-refractivity contribution is -0.132. The van der Waals surface area contributed by atoms with Crippen LogP contribution in [-0.2, 0) is 9.59 Å². The van der Waals surface area contributed by atoms with Crippen molar-refractivity contribution in [2.45, 2.75) is 63.1 Å². The number of anilines is 2. The molecule has 268 valence electrons. The minimum Gasteiger partial charge on any atom is -0.490 e. The zero-order valence-electron chi connectivity index (χ0n) is 29.0. The Hall–Kier alpha value is -6.16. The van der Waals surface area contributed by atoms with E-state index in [4.69, 9.17) is 11.3 Å². The predicted molar refractivity (Wildman–Crippen MR) is 195 cm³/mol. The monoisotopic (exact) mass is 711 g/mol. The van der Waals surface area contributed by atoms with Gasteiger partial charge in [0.05, 0.1) is 47.3 Å². The fourth-order valence-electron chi connectivity index (χ4n) is 7.86. The number of carbonyl (C=O) groups excluding carboxylic acids is 5. The van der Waals surface area contributed by atoms with E-state index >= 15 is 0 Å². The lowest BCUT2D eigenvalue weighted by Gasteiger charge is -2.36. The summed E-state index contributed by atoms with van der Waals surface area (Å²) >= 11 is 0. The average molecular weight is 712 g/mol. The van der Waals surface area contributed by atoms with Crippen LogP contribution >= 0.6 is 0 Å². The fraction of sp³-hybridized carbons (Fsp3) is 0.350. The molecule has 0 bridgehead atoms. The number of ketones is 2. The molecule has 13 heteroatoms. The number of nitrogens with zero attached hydrogens (tertiary/aromatic N) is 6. The van der Waals surface area contributed by atoms with Gasteiger partial charge in [0.25, 0.3) is 17.7 Å². The first-order valence-corrected chi connectivity index (χ1v) is 18.0. The number of amides is 3. The highest BCUT2D eigenvalue weighted by Gasteiger charge is 2.44. The van der Waals surface area contributed by atoms with Crippen LogP contribution in [0.5, 0.6) is 5.75 Å². The maximum Gasteiger partial charge on any atom is 0.262 e. The first kappa shape index (κ1) is 34.0.